The van der Waals surface area contributed by atoms with Crippen molar-refractivity contribution in [2.24, 2.45) is 0 Å². The highest BCUT2D eigenvalue weighted by molar-refractivity contribution is 7.10. The topological polar surface area (TPSA) is 49.9 Å². The fourth-order valence-electron chi connectivity index (χ4n) is 4.36. The summed E-state index contributed by atoms with van der Waals surface area (Å²) < 4.78 is 5.32. The Hall–Kier alpha value is -3.38. The van der Waals surface area contributed by atoms with Gasteiger partial charge in [-0.05, 0) is 59.2 Å². The first-order valence-corrected chi connectivity index (χ1v) is 12.5. The van der Waals surface area contributed by atoms with Gasteiger partial charge in [0.1, 0.15) is 12.3 Å². The molecule has 0 saturated carbocycles. The lowest BCUT2D eigenvalue weighted by atomic mass is 9.93. The molecule has 0 spiro atoms. The van der Waals surface area contributed by atoms with Gasteiger partial charge in [0.2, 0.25) is 11.8 Å². The van der Waals surface area contributed by atoms with Gasteiger partial charge in [-0.15, -0.1) is 11.3 Å². The largest absolute Gasteiger partial charge is 0.497 e. The monoisotopic (exact) mass is 474 g/mol. The Labute approximate surface area is 205 Å². The van der Waals surface area contributed by atoms with Crippen molar-refractivity contribution in [3.63, 3.8) is 0 Å². The first-order chi connectivity index (χ1) is 16.6. The molecule has 2 heterocycles. The maximum atomic E-state index is 13.6. The smallest absolute Gasteiger partial charge is 0.247 e. The van der Waals surface area contributed by atoms with Crippen LogP contribution >= 0.6 is 11.3 Å². The van der Waals surface area contributed by atoms with E-state index in [9.17, 15) is 9.59 Å². The lowest BCUT2D eigenvalue weighted by Crippen LogP contribution is -2.46. The Morgan fingerprint density at radius 1 is 1.12 bits per heavy atom. The summed E-state index contributed by atoms with van der Waals surface area (Å²) in [5, 5.41) is 2.09. The Bertz CT molecular complexity index is 1140. The zero-order valence-corrected chi connectivity index (χ0v) is 20.5. The average molecular weight is 475 g/mol. The van der Waals surface area contributed by atoms with Gasteiger partial charge in [-0.1, -0.05) is 49.4 Å². The summed E-state index contributed by atoms with van der Waals surface area (Å²) in [5.41, 5.74) is 3.18. The third-order valence-electron chi connectivity index (χ3n) is 6.07. The third-order valence-corrected chi connectivity index (χ3v) is 7.06. The number of nitrogens with zero attached hydrogens (tertiary/aromatic N) is 2. The summed E-state index contributed by atoms with van der Waals surface area (Å²) in [7, 11) is 1.65. The highest BCUT2D eigenvalue weighted by Crippen LogP contribution is 2.38. The molecule has 4 rings (SSSR count). The van der Waals surface area contributed by atoms with E-state index in [0.717, 1.165) is 29.7 Å². The van der Waals surface area contributed by atoms with E-state index in [2.05, 4.69) is 11.4 Å². The van der Waals surface area contributed by atoms with E-state index in [0.29, 0.717) is 13.1 Å². The molecular weight excluding hydrogens is 444 g/mol. The summed E-state index contributed by atoms with van der Waals surface area (Å²) in [6.45, 7) is 3.26. The van der Waals surface area contributed by atoms with Crippen LogP contribution in [0.1, 0.15) is 41.0 Å². The van der Waals surface area contributed by atoms with Crippen LogP contribution in [0.3, 0.4) is 0 Å². The second kappa shape index (κ2) is 11.2. The molecule has 1 atom stereocenters. The zero-order valence-electron chi connectivity index (χ0n) is 19.6. The Kier molecular flexibility index (Phi) is 7.80. The SMILES string of the molecule is CCCN(CC(=O)N1CCc2sccc2C1c1ccc(OC)cc1)C(=O)/C=C/c1ccccc1. The molecule has 0 aliphatic carbocycles. The number of thiophene rings is 1. The summed E-state index contributed by atoms with van der Waals surface area (Å²) in [4.78, 5) is 31.4. The van der Waals surface area contributed by atoms with Crippen LogP contribution in [-0.2, 0) is 16.0 Å². The van der Waals surface area contributed by atoms with Crippen molar-refractivity contribution >= 4 is 29.2 Å². The van der Waals surface area contributed by atoms with Crippen molar-refractivity contribution in [1.29, 1.82) is 0 Å². The van der Waals surface area contributed by atoms with Crippen LogP contribution in [0.15, 0.2) is 72.1 Å². The quantitative estimate of drug-likeness (QED) is 0.423. The molecule has 0 radical (unpaired) electrons. The second-order valence-electron chi connectivity index (χ2n) is 8.32. The van der Waals surface area contributed by atoms with E-state index in [1.807, 2.05) is 66.4 Å². The van der Waals surface area contributed by atoms with E-state index < -0.39 is 0 Å². The van der Waals surface area contributed by atoms with Crippen molar-refractivity contribution in [2.45, 2.75) is 25.8 Å². The minimum atomic E-state index is -0.160. The molecule has 3 aromatic rings. The van der Waals surface area contributed by atoms with E-state index in [4.69, 9.17) is 4.74 Å². The van der Waals surface area contributed by atoms with Crippen LogP contribution < -0.4 is 4.74 Å². The molecule has 0 saturated heterocycles. The van der Waals surface area contributed by atoms with Gasteiger partial charge < -0.3 is 14.5 Å². The fourth-order valence-corrected chi connectivity index (χ4v) is 5.26. The van der Waals surface area contributed by atoms with Crippen molar-refractivity contribution in [3.05, 3.63) is 93.7 Å². The first-order valence-electron chi connectivity index (χ1n) is 11.6. The molecule has 176 valence electrons. The molecule has 6 heteroatoms. The van der Waals surface area contributed by atoms with Gasteiger partial charge >= 0.3 is 0 Å². The second-order valence-corrected chi connectivity index (χ2v) is 9.32. The van der Waals surface area contributed by atoms with E-state index in [1.54, 1.807) is 35.5 Å². The highest BCUT2D eigenvalue weighted by atomic mass is 32.1. The Morgan fingerprint density at radius 3 is 2.59 bits per heavy atom. The third kappa shape index (κ3) is 5.39. The number of ether oxygens (including phenoxy) is 1. The highest BCUT2D eigenvalue weighted by Gasteiger charge is 2.33. The number of benzene rings is 2. The molecule has 0 fully saturated rings. The number of rotatable bonds is 8. The molecule has 1 aliphatic heterocycles. The van der Waals surface area contributed by atoms with E-state index in [1.165, 1.54) is 10.4 Å². The molecule has 34 heavy (non-hydrogen) atoms. The van der Waals surface area contributed by atoms with Crippen LogP contribution in [-0.4, -0.2) is 48.4 Å². The standard InChI is InChI=1S/C28H30N2O3S/c1-3-17-29(26(31)14-9-21-7-5-4-6-8-21)20-27(32)30-18-15-25-24(16-19-34-25)28(30)22-10-12-23(33-2)13-11-22/h4-14,16,19,28H,3,15,17-18,20H2,1-2H3/b14-9+. The van der Waals surface area contributed by atoms with Crippen LogP contribution in [0.2, 0.25) is 0 Å². The van der Waals surface area contributed by atoms with Gasteiger partial charge in [0.15, 0.2) is 0 Å². The summed E-state index contributed by atoms with van der Waals surface area (Å²) in [5.74, 6) is 0.605. The van der Waals surface area contributed by atoms with Crippen molar-refractivity contribution in [2.75, 3.05) is 26.7 Å². The molecule has 5 nitrogen and oxygen atoms in total. The van der Waals surface area contributed by atoms with E-state index in [-0.39, 0.29) is 24.4 Å². The predicted octanol–water partition coefficient (Wildman–Crippen LogP) is 5.18. The maximum Gasteiger partial charge on any atom is 0.247 e. The van der Waals surface area contributed by atoms with Gasteiger partial charge in [-0.3, -0.25) is 9.59 Å². The van der Waals surface area contributed by atoms with Gasteiger partial charge in [0.25, 0.3) is 0 Å². The normalized spacial score (nSPS) is 15.2. The fraction of sp³-hybridized carbons (Fsp3) is 0.286. The molecule has 1 unspecified atom stereocenters. The molecule has 0 N–H and O–H groups in total. The number of fused-ring (bicyclic) bond motifs is 1. The molecule has 2 aromatic carbocycles. The molecular formula is C28H30N2O3S. The molecule has 2 amide bonds. The number of carbonyl (C=O) groups is 2. The van der Waals surface area contributed by atoms with Crippen LogP contribution in [0.5, 0.6) is 5.75 Å². The minimum Gasteiger partial charge on any atom is -0.497 e. The Balaban J connectivity index is 1.55. The molecule has 0 bridgehead atoms. The summed E-state index contributed by atoms with van der Waals surface area (Å²) in [6.07, 6.45) is 4.98. The van der Waals surface area contributed by atoms with Crippen molar-refractivity contribution in [1.82, 2.24) is 9.80 Å². The van der Waals surface area contributed by atoms with Crippen molar-refractivity contribution < 1.29 is 14.3 Å². The van der Waals surface area contributed by atoms with Gasteiger partial charge in [0, 0.05) is 24.0 Å². The maximum absolute atomic E-state index is 13.6. The molecule has 1 aromatic heterocycles. The zero-order chi connectivity index (χ0) is 23.9. The number of hydrogen-bond donors (Lipinski definition) is 0. The summed E-state index contributed by atoms with van der Waals surface area (Å²) >= 11 is 1.74. The lowest BCUT2D eigenvalue weighted by molar-refractivity contribution is -0.139. The van der Waals surface area contributed by atoms with Crippen molar-refractivity contribution in [3.8, 4) is 5.75 Å². The van der Waals surface area contributed by atoms with Crippen LogP contribution in [0, 0.1) is 0 Å². The minimum absolute atomic E-state index is 0.0346. The van der Waals surface area contributed by atoms with Crippen LogP contribution in [0.4, 0.5) is 0 Å². The van der Waals surface area contributed by atoms with E-state index >= 15 is 0 Å². The van der Waals surface area contributed by atoms with Crippen LogP contribution in [0.25, 0.3) is 6.08 Å². The number of hydrogen-bond acceptors (Lipinski definition) is 4. The van der Waals surface area contributed by atoms with Gasteiger partial charge in [0.05, 0.1) is 13.2 Å². The average Bonchev–Trinajstić information content (AvgIpc) is 3.36. The Morgan fingerprint density at radius 2 is 1.88 bits per heavy atom. The first kappa shape index (κ1) is 23.8. The lowest BCUT2D eigenvalue weighted by Gasteiger charge is -2.37. The van der Waals surface area contributed by atoms with Gasteiger partial charge in [-0.2, -0.15) is 0 Å². The summed E-state index contributed by atoms with van der Waals surface area (Å²) in [6, 6.07) is 19.6. The molecule has 1 aliphatic rings. The number of carbonyl (C=O) groups excluding carboxylic acids is 2. The number of amides is 2. The van der Waals surface area contributed by atoms with Gasteiger partial charge in [-0.25, -0.2) is 0 Å². The predicted molar refractivity (Wildman–Crippen MR) is 137 cm³/mol. The number of methoxy groups -OCH3 is 1.